The molecule has 1 aliphatic rings. The Morgan fingerprint density at radius 1 is 1.33 bits per heavy atom. The van der Waals surface area contributed by atoms with Crippen molar-refractivity contribution in [3.8, 4) is 5.69 Å². The summed E-state index contributed by atoms with van der Waals surface area (Å²) >= 11 is 0. The summed E-state index contributed by atoms with van der Waals surface area (Å²) in [5.74, 6) is -0.318. The molecule has 1 fully saturated rings. The molecule has 2 N–H and O–H groups in total. The van der Waals surface area contributed by atoms with Crippen LogP contribution in [-0.4, -0.2) is 26.9 Å². The smallest absolute Gasteiger partial charge is 0.225 e. The van der Waals surface area contributed by atoms with Gasteiger partial charge < -0.3 is 10.4 Å². The Bertz CT molecular complexity index is 609. The topological polar surface area (TPSA) is 67.2 Å². The molecule has 0 radical (unpaired) electrons. The predicted octanol–water partition coefficient (Wildman–Crippen LogP) is 1.65. The van der Waals surface area contributed by atoms with Gasteiger partial charge in [-0.2, -0.15) is 5.10 Å². The molecule has 1 aromatic heterocycles. The van der Waals surface area contributed by atoms with Crippen molar-refractivity contribution in [2.24, 2.45) is 5.92 Å². The number of aliphatic hydroxyl groups excluding tert-OH is 1. The maximum absolute atomic E-state index is 12.0. The van der Waals surface area contributed by atoms with Crippen molar-refractivity contribution < 1.29 is 9.90 Å². The van der Waals surface area contributed by atoms with Crippen LogP contribution in [0.25, 0.3) is 5.69 Å². The van der Waals surface area contributed by atoms with E-state index in [1.165, 1.54) is 0 Å². The lowest BCUT2D eigenvalue weighted by Gasteiger charge is -2.13. The van der Waals surface area contributed by atoms with Crippen LogP contribution in [0.3, 0.4) is 0 Å². The Labute approximate surface area is 123 Å². The second kappa shape index (κ2) is 6.10. The van der Waals surface area contributed by atoms with E-state index in [9.17, 15) is 9.90 Å². The largest absolute Gasteiger partial charge is 0.392 e. The SMILES string of the molecule is O=C(NCc1cnn(-c2ccccc2)c1)C1CCCC1O. The Morgan fingerprint density at radius 2 is 2.14 bits per heavy atom. The zero-order chi connectivity index (χ0) is 14.7. The molecule has 0 aliphatic heterocycles. The molecule has 0 spiro atoms. The van der Waals surface area contributed by atoms with Crippen molar-refractivity contribution in [2.75, 3.05) is 0 Å². The number of nitrogens with one attached hydrogen (secondary N) is 1. The summed E-state index contributed by atoms with van der Waals surface area (Å²) in [4.78, 5) is 12.0. The quantitative estimate of drug-likeness (QED) is 0.897. The molecular weight excluding hydrogens is 266 g/mol. The Kier molecular flexibility index (Phi) is 4.01. The highest BCUT2D eigenvalue weighted by atomic mass is 16.3. The molecule has 2 aromatic rings. The van der Waals surface area contributed by atoms with Crippen LogP contribution in [0.5, 0.6) is 0 Å². The van der Waals surface area contributed by atoms with Gasteiger partial charge in [0.25, 0.3) is 0 Å². The number of carbonyl (C=O) groups is 1. The minimum absolute atomic E-state index is 0.0625. The Morgan fingerprint density at radius 3 is 2.86 bits per heavy atom. The first-order valence-electron chi connectivity index (χ1n) is 7.29. The summed E-state index contributed by atoms with van der Waals surface area (Å²) in [6.45, 7) is 0.439. The fourth-order valence-corrected chi connectivity index (χ4v) is 2.74. The number of benzene rings is 1. The normalized spacial score (nSPS) is 21.4. The molecule has 2 atom stereocenters. The van der Waals surface area contributed by atoms with Gasteiger partial charge in [0, 0.05) is 18.3 Å². The maximum Gasteiger partial charge on any atom is 0.225 e. The number of hydrogen-bond acceptors (Lipinski definition) is 3. The van der Waals surface area contributed by atoms with Crippen LogP contribution in [0.1, 0.15) is 24.8 Å². The number of amides is 1. The zero-order valence-corrected chi connectivity index (χ0v) is 11.8. The predicted molar refractivity (Wildman–Crippen MR) is 78.8 cm³/mol. The molecule has 5 nitrogen and oxygen atoms in total. The fraction of sp³-hybridized carbons (Fsp3) is 0.375. The van der Waals surface area contributed by atoms with Gasteiger partial charge in [-0.25, -0.2) is 4.68 Å². The van der Waals surface area contributed by atoms with Crippen molar-refractivity contribution >= 4 is 5.91 Å². The maximum atomic E-state index is 12.0. The molecule has 2 unspecified atom stereocenters. The number of aromatic nitrogens is 2. The lowest BCUT2D eigenvalue weighted by Crippen LogP contribution is -2.34. The van der Waals surface area contributed by atoms with Gasteiger partial charge >= 0.3 is 0 Å². The number of hydrogen-bond donors (Lipinski definition) is 2. The number of para-hydroxylation sites is 1. The van der Waals surface area contributed by atoms with Gasteiger partial charge in [-0.3, -0.25) is 4.79 Å². The first-order chi connectivity index (χ1) is 10.2. The monoisotopic (exact) mass is 285 g/mol. The molecule has 1 heterocycles. The van der Waals surface area contributed by atoms with Crippen LogP contribution in [0.4, 0.5) is 0 Å². The standard InChI is InChI=1S/C16H19N3O2/c20-15-8-4-7-14(15)16(21)17-9-12-10-18-19(11-12)13-5-2-1-3-6-13/h1-3,5-6,10-11,14-15,20H,4,7-9H2,(H,17,21). The van der Waals surface area contributed by atoms with Gasteiger partial charge in [0.15, 0.2) is 0 Å². The highest BCUT2D eigenvalue weighted by molar-refractivity contribution is 5.79. The van der Waals surface area contributed by atoms with Crippen LogP contribution in [0, 0.1) is 5.92 Å². The lowest BCUT2D eigenvalue weighted by atomic mass is 10.1. The van der Waals surface area contributed by atoms with E-state index >= 15 is 0 Å². The summed E-state index contributed by atoms with van der Waals surface area (Å²) in [7, 11) is 0. The minimum Gasteiger partial charge on any atom is -0.392 e. The minimum atomic E-state index is -0.489. The van der Waals surface area contributed by atoms with E-state index in [4.69, 9.17) is 0 Å². The second-order valence-corrected chi connectivity index (χ2v) is 5.45. The Balaban J connectivity index is 1.59. The van der Waals surface area contributed by atoms with Crippen LogP contribution >= 0.6 is 0 Å². The van der Waals surface area contributed by atoms with E-state index in [1.807, 2.05) is 36.5 Å². The van der Waals surface area contributed by atoms with E-state index in [2.05, 4.69) is 10.4 Å². The van der Waals surface area contributed by atoms with E-state index in [0.29, 0.717) is 6.54 Å². The molecule has 1 amide bonds. The van der Waals surface area contributed by atoms with Gasteiger partial charge in [0.05, 0.1) is 23.9 Å². The molecule has 1 aromatic carbocycles. The van der Waals surface area contributed by atoms with E-state index in [1.54, 1.807) is 10.9 Å². The molecule has 110 valence electrons. The molecule has 0 bridgehead atoms. The molecule has 5 heteroatoms. The molecule has 3 rings (SSSR count). The Hall–Kier alpha value is -2.14. The first-order valence-corrected chi connectivity index (χ1v) is 7.29. The van der Waals surface area contributed by atoms with Crippen LogP contribution < -0.4 is 5.32 Å². The van der Waals surface area contributed by atoms with Gasteiger partial charge in [0.1, 0.15) is 0 Å². The summed E-state index contributed by atoms with van der Waals surface area (Å²) in [5.41, 5.74) is 1.93. The summed E-state index contributed by atoms with van der Waals surface area (Å²) in [6, 6.07) is 9.83. The molecular formula is C16H19N3O2. The van der Waals surface area contributed by atoms with E-state index in [0.717, 1.165) is 30.5 Å². The second-order valence-electron chi connectivity index (χ2n) is 5.45. The third-order valence-electron chi connectivity index (χ3n) is 3.94. The van der Waals surface area contributed by atoms with Crippen molar-refractivity contribution in [3.63, 3.8) is 0 Å². The fourth-order valence-electron chi connectivity index (χ4n) is 2.74. The summed E-state index contributed by atoms with van der Waals surface area (Å²) in [5, 5.41) is 16.9. The van der Waals surface area contributed by atoms with Crippen LogP contribution in [0.15, 0.2) is 42.7 Å². The van der Waals surface area contributed by atoms with Crippen molar-refractivity contribution in [1.29, 1.82) is 0 Å². The number of aliphatic hydroxyl groups is 1. The van der Waals surface area contributed by atoms with Crippen LogP contribution in [-0.2, 0) is 11.3 Å². The first kappa shape index (κ1) is 13.8. The molecule has 21 heavy (non-hydrogen) atoms. The van der Waals surface area contributed by atoms with Crippen molar-refractivity contribution in [2.45, 2.75) is 31.9 Å². The van der Waals surface area contributed by atoms with Crippen LogP contribution in [0.2, 0.25) is 0 Å². The number of nitrogens with zero attached hydrogens (tertiary/aromatic N) is 2. The highest BCUT2D eigenvalue weighted by Gasteiger charge is 2.31. The average molecular weight is 285 g/mol. The molecule has 1 aliphatic carbocycles. The zero-order valence-electron chi connectivity index (χ0n) is 11.8. The third kappa shape index (κ3) is 3.13. The molecule has 0 saturated heterocycles. The van der Waals surface area contributed by atoms with Gasteiger partial charge in [-0.15, -0.1) is 0 Å². The van der Waals surface area contributed by atoms with E-state index in [-0.39, 0.29) is 11.8 Å². The summed E-state index contributed by atoms with van der Waals surface area (Å²) < 4.78 is 1.78. The van der Waals surface area contributed by atoms with Gasteiger partial charge in [0.2, 0.25) is 5.91 Å². The number of carbonyl (C=O) groups excluding carboxylic acids is 1. The van der Waals surface area contributed by atoms with Crippen molar-refractivity contribution in [1.82, 2.24) is 15.1 Å². The number of rotatable bonds is 4. The third-order valence-corrected chi connectivity index (χ3v) is 3.94. The molecule has 1 saturated carbocycles. The van der Waals surface area contributed by atoms with Crippen molar-refractivity contribution in [3.05, 3.63) is 48.3 Å². The van der Waals surface area contributed by atoms with Gasteiger partial charge in [-0.05, 0) is 31.4 Å². The van der Waals surface area contributed by atoms with E-state index < -0.39 is 6.10 Å². The lowest BCUT2D eigenvalue weighted by molar-refractivity contribution is -0.127. The highest BCUT2D eigenvalue weighted by Crippen LogP contribution is 2.25. The van der Waals surface area contributed by atoms with Gasteiger partial charge in [-0.1, -0.05) is 18.2 Å². The summed E-state index contributed by atoms with van der Waals surface area (Å²) in [6.07, 6.45) is 5.59. The average Bonchev–Trinajstić information content (AvgIpc) is 3.15.